The SMILES string of the molecule is CCN(C)c1nc(CC(O)c2ccccc2)cs1. The molecule has 0 saturated heterocycles. The van der Waals surface area contributed by atoms with Gasteiger partial charge in [0.1, 0.15) is 0 Å². The van der Waals surface area contributed by atoms with Gasteiger partial charge in [0, 0.05) is 25.4 Å². The second kappa shape index (κ2) is 5.98. The molecular formula is C14H18N2OS. The number of aliphatic hydroxyl groups is 1. The summed E-state index contributed by atoms with van der Waals surface area (Å²) in [6.07, 6.45) is 0.0889. The highest BCUT2D eigenvalue weighted by Gasteiger charge is 2.11. The molecule has 0 radical (unpaired) electrons. The van der Waals surface area contributed by atoms with E-state index in [0.29, 0.717) is 6.42 Å². The molecule has 0 saturated carbocycles. The Bertz CT molecular complexity index is 484. The van der Waals surface area contributed by atoms with E-state index >= 15 is 0 Å². The van der Waals surface area contributed by atoms with Crippen LogP contribution >= 0.6 is 11.3 Å². The highest BCUT2D eigenvalue weighted by molar-refractivity contribution is 7.13. The van der Waals surface area contributed by atoms with Gasteiger partial charge in [-0.15, -0.1) is 11.3 Å². The monoisotopic (exact) mass is 262 g/mol. The molecule has 1 aromatic heterocycles. The predicted molar refractivity (Wildman–Crippen MR) is 76.2 cm³/mol. The molecule has 1 N–H and O–H groups in total. The second-order valence-corrected chi connectivity index (χ2v) is 5.10. The second-order valence-electron chi connectivity index (χ2n) is 4.27. The summed E-state index contributed by atoms with van der Waals surface area (Å²) < 4.78 is 0. The minimum atomic E-state index is -0.479. The lowest BCUT2D eigenvalue weighted by Gasteiger charge is -2.12. The fraction of sp³-hybridized carbons (Fsp3) is 0.357. The molecule has 2 aromatic rings. The molecule has 3 nitrogen and oxygen atoms in total. The smallest absolute Gasteiger partial charge is 0.185 e. The largest absolute Gasteiger partial charge is 0.388 e. The Balaban J connectivity index is 2.03. The quantitative estimate of drug-likeness (QED) is 0.900. The molecule has 0 aliphatic heterocycles. The van der Waals surface area contributed by atoms with Crippen LogP contribution < -0.4 is 4.90 Å². The number of benzene rings is 1. The number of aromatic nitrogens is 1. The summed E-state index contributed by atoms with van der Waals surface area (Å²) in [7, 11) is 2.02. The van der Waals surface area contributed by atoms with Crippen molar-refractivity contribution in [3.8, 4) is 0 Å². The Morgan fingerprint density at radius 1 is 1.33 bits per heavy atom. The van der Waals surface area contributed by atoms with Crippen molar-refractivity contribution in [3.05, 3.63) is 47.0 Å². The minimum absolute atomic E-state index is 0.479. The summed E-state index contributed by atoms with van der Waals surface area (Å²) in [6, 6.07) is 9.71. The van der Waals surface area contributed by atoms with Crippen LogP contribution in [0.1, 0.15) is 24.3 Å². The van der Waals surface area contributed by atoms with Crippen LogP contribution in [0.5, 0.6) is 0 Å². The first kappa shape index (κ1) is 13.1. The average Bonchev–Trinajstić information content (AvgIpc) is 2.87. The number of hydrogen-bond donors (Lipinski definition) is 1. The molecule has 1 atom stereocenters. The van der Waals surface area contributed by atoms with E-state index < -0.39 is 6.10 Å². The van der Waals surface area contributed by atoms with Crippen molar-refractivity contribution in [2.24, 2.45) is 0 Å². The lowest BCUT2D eigenvalue weighted by atomic mass is 10.1. The molecule has 4 heteroatoms. The first-order chi connectivity index (χ1) is 8.70. The van der Waals surface area contributed by atoms with E-state index in [0.717, 1.165) is 22.9 Å². The van der Waals surface area contributed by atoms with Crippen molar-refractivity contribution >= 4 is 16.5 Å². The highest BCUT2D eigenvalue weighted by Crippen LogP contribution is 2.23. The maximum absolute atomic E-state index is 10.1. The molecule has 2 rings (SSSR count). The molecule has 18 heavy (non-hydrogen) atoms. The number of aliphatic hydroxyl groups excluding tert-OH is 1. The van der Waals surface area contributed by atoms with Crippen molar-refractivity contribution in [1.29, 1.82) is 0 Å². The Labute approximate surface area is 112 Å². The normalized spacial score (nSPS) is 12.4. The molecule has 0 aliphatic carbocycles. The van der Waals surface area contributed by atoms with Crippen molar-refractivity contribution in [2.45, 2.75) is 19.4 Å². The predicted octanol–water partition coefficient (Wildman–Crippen LogP) is 2.88. The fourth-order valence-corrected chi connectivity index (χ4v) is 2.56. The van der Waals surface area contributed by atoms with Gasteiger partial charge < -0.3 is 10.0 Å². The molecular weight excluding hydrogens is 244 g/mol. The molecule has 1 heterocycles. The maximum atomic E-state index is 10.1. The molecule has 1 unspecified atom stereocenters. The zero-order chi connectivity index (χ0) is 13.0. The Hall–Kier alpha value is -1.39. The van der Waals surface area contributed by atoms with E-state index in [4.69, 9.17) is 0 Å². The van der Waals surface area contributed by atoms with Crippen LogP contribution in [0, 0.1) is 0 Å². The van der Waals surface area contributed by atoms with E-state index in [1.165, 1.54) is 0 Å². The number of hydrogen-bond acceptors (Lipinski definition) is 4. The topological polar surface area (TPSA) is 36.4 Å². The lowest BCUT2D eigenvalue weighted by Crippen LogP contribution is -2.15. The van der Waals surface area contributed by atoms with Crippen LogP contribution in [-0.2, 0) is 6.42 Å². The van der Waals surface area contributed by atoms with Gasteiger partial charge in [0.25, 0.3) is 0 Å². The Kier molecular flexibility index (Phi) is 4.33. The fourth-order valence-electron chi connectivity index (χ4n) is 1.69. The van der Waals surface area contributed by atoms with Crippen LogP contribution in [0.3, 0.4) is 0 Å². The zero-order valence-electron chi connectivity index (χ0n) is 10.7. The third-order valence-corrected chi connectivity index (χ3v) is 3.93. The van der Waals surface area contributed by atoms with Gasteiger partial charge in [0.2, 0.25) is 0 Å². The van der Waals surface area contributed by atoms with Gasteiger partial charge in [-0.05, 0) is 12.5 Å². The first-order valence-electron chi connectivity index (χ1n) is 6.09. The van der Waals surface area contributed by atoms with E-state index in [2.05, 4.69) is 16.8 Å². The van der Waals surface area contributed by atoms with Crippen LogP contribution in [0.2, 0.25) is 0 Å². The summed E-state index contributed by atoms with van der Waals surface area (Å²) in [5.41, 5.74) is 1.89. The Morgan fingerprint density at radius 3 is 2.72 bits per heavy atom. The zero-order valence-corrected chi connectivity index (χ0v) is 11.5. The van der Waals surface area contributed by atoms with Crippen molar-refractivity contribution in [3.63, 3.8) is 0 Å². The van der Waals surface area contributed by atoms with Gasteiger partial charge in [0.15, 0.2) is 5.13 Å². The highest BCUT2D eigenvalue weighted by atomic mass is 32.1. The van der Waals surface area contributed by atoms with E-state index in [1.54, 1.807) is 11.3 Å². The summed E-state index contributed by atoms with van der Waals surface area (Å²) >= 11 is 1.62. The lowest BCUT2D eigenvalue weighted by molar-refractivity contribution is 0.177. The molecule has 0 fully saturated rings. The minimum Gasteiger partial charge on any atom is -0.388 e. The first-order valence-corrected chi connectivity index (χ1v) is 6.97. The number of rotatable bonds is 5. The van der Waals surface area contributed by atoms with E-state index in [1.807, 2.05) is 42.8 Å². The molecule has 96 valence electrons. The molecule has 0 amide bonds. The third-order valence-electron chi connectivity index (χ3n) is 2.93. The van der Waals surface area contributed by atoms with Crippen LogP contribution in [0.25, 0.3) is 0 Å². The van der Waals surface area contributed by atoms with Crippen LogP contribution in [0.15, 0.2) is 35.7 Å². The van der Waals surface area contributed by atoms with Gasteiger partial charge in [-0.25, -0.2) is 4.98 Å². The standard InChI is InChI=1S/C14H18N2OS/c1-3-16(2)14-15-12(10-18-14)9-13(17)11-7-5-4-6-8-11/h4-8,10,13,17H,3,9H2,1-2H3. The van der Waals surface area contributed by atoms with Gasteiger partial charge in [-0.1, -0.05) is 30.3 Å². The van der Waals surface area contributed by atoms with Gasteiger partial charge in [-0.2, -0.15) is 0 Å². The van der Waals surface area contributed by atoms with Gasteiger partial charge in [0.05, 0.1) is 11.8 Å². The average molecular weight is 262 g/mol. The summed E-state index contributed by atoms with van der Waals surface area (Å²) in [4.78, 5) is 6.63. The molecule has 0 bridgehead atoms. The summed E-state index contributed by atoms with van der Waals surface area (Å²) in [5.74, 6) is 0. The van der Waals surface area contributed by atoms with Crippen LogP contribution in [-0.4, -0.2) is 23.7 Å². The van der Waals surface area contributed by atoms with E-state index in [9.17, 15) is 5.11 Å². The third kappa shape index (κ3) is 3.09. The van der Waals surface area contributed by atoms with E-state index in [-0.39, 0.29) is 0 Å². The maximum Gasteiger partial charge on any atom is 0.185 e. The summed E-state index contributed by atoms with van der Waals surface area (Å²) in [6.45, 7) is 3.04. The number of anilines is 1. The summed E-state index contributed by atoms with van der Waals surface area (Å²) in [5, 5.41) is 13.2. The molecule has 0 aliphatic rings. The van der Waals surface area contributed by atoms with Crippen LogP contribution in [0.4, 0.5) is 5.13 Å². The number of thiazole rings is 1. The molecule has 0 spiro atoms. The van der Waals surface area contributed by atoms with Crippen molar-refractivity contribution < 1.29 is 5.11 Å². The van der Waals surface area contributed by atoms with Gasteiger partial charge >= 0.3 is 0 Å². The van der Waals surface area contributed by atoms with Crippen molar-refractivity contribution in [1.82, 2.24) is 4.98 Å². The van der Waals surface area contributed by atoms with Crippen molar-refractivity contribution in [2.75, 3.05) is 18.5 Å². The Morgan fingerprint density at radius 2 is 2.06 bits per heavy atom. The molecule has 1 aromatic carbocycles. The van der Waals surface area contributed by atoms with Gasteiger partial charge in [-0.3, -0.25) is 0 Å². The number of nitrogens with zero attached hydrogens (tertiary/aromatic N) is 2.